The number of nitrogens with two attached hydrogens (primary N) is 1. The average Bonchev–Trinajstić information content (AvgIpc) is 2.54. The highest BCUT2D eigenvalue weighted by Gasteiger charge is 2.12. The van der Waals surface area contributed by atoms with Gasteiger partial charge in [0.05, 0.1) is 20.3 Å². The molecule has 2 rings (SSSR count). The van der Waals surface area contributed by atoms with Crippen LogP contribution in [0.4, 0.5) is 0 Å². The van der Waals surface area contributed by atoms with Gasteiger partial charge in [-0.15, -0.1) is 10.2 Å². The van der Waals surface area contributed by atoms with Crippen LogP contribution in [0.25, 0.3) is 0 Å². The van der Waals surface area contributed by atoms with Crippen LogP contribution < -0.4 is 20.8 Å². The molecule has 7 nitrogen and oxygen atoms in total. The first-order valence-corrected chi connectivity index (χ1v) is 7.01. The number of hydrogen-bond acceptors (Lipinski definition) is 6. The van der Waals surface area contributed by atoms with Crippen molar-refractivity contribution in [2.45, 2.75) is 25.8 Å². The van der Waals surface area contributed by atoms with E-state index in [1.54, 1.807) is 20.3 Å². The van der Waals surface area contributed by atoms with Crippen LogP contribution >= 0.6 is 0 Å². The number of nitrogens with one attached hydrogen (secondary N) is 1. The van der Waals surface area contributed by atoms with Gasteiger partial charge < -0.3 is 20.2 Å². The highest BCUT2D eigenvalue weighted by atomic mass is 16.5. The van der Waals surface area contributed by atoms with Gasteiger partial charge in [-0.1, -0.05) is 13.0 Å². The van der Waals surface area contributed by atoms with Crippen molar-refractivity contribution in [2.75, 3.05) is 14.2 Å². The van der Waals surface area contributed by atoms with Gasteiger partial charge in [0, 0.05) is 6.42 Å². The lowest BCUT2D eigenvalue weighted by Crippen LogP contribution is -2.25. The van der Waals surface area contributed by atoms with Crippen LogP contribution in [0.3, 0.4) is 0 Å². The molecule has 1 aromatic carbocycles. The van der Waals surface area contributed by atoms with Gasteiger partial charge in [0.25, 0.3) is 5.56 Å². The maximum Gasteiger partial charge on any atom is 0.274 e. The lowest BCUT2D eigenvalue weighted by molar-refractivity contribution is 0.354. The Morgan fingerprint density at radius 1 is 1.23 bits per heavy atom. The van der Waals surface area contributed by atoms with Gasteiger partial charge in [0.2, 0.25) is 0 Å². The van der Waals surface area contributed by atoms with Crippen LogP contribution in [0.2, 0.25) is 0 Å². The van der Waals surface area contributed by atoms with Crippen molar-refractivity contribution in [2.24, 2.45) is 5.73 Å². The molecule has 118 valence electrons. The van der Waals surface area contributed by atoms with E-state index in [0.29, 0.717) is 30.2 Å². The Balaban J connectivity index is 2.24. The van der Waals surface area contributed by atoms with E-state index in [1.165, 1.54) is 0 Å². The lowest BCUT2D eigenvalue weighted by Gasteiger charge is -2.10. The third kappa shape index (κ3) is 3.43. The highest BCUT2D eigenvalue weighted by Crippen LogP contribution is 2.28. The van der Waals surface area contributed by atoms with E-state index in [4.69, 9.17) is 15.2 Å². The summed E-state index contributed by atoms with van der Waals surface area (Å²) >= 11 is 0. The van der Waals surface area contributed by atoms with Crippen LogP contribution in [-0.4, -0.2) is 29.4 Å². The quantitative estimate of drug-likeness (QED) is 0.830. The fourth-order valence-electron chi connectivity index (χ4n) is 2.08. The number of aromatic amines is 1. The fourth-order valence-corrected chi connectivity index (χ4v) is 2.08. The molecule has 1 atom stereocenters. The molecule has 0 aliphatic carbocycles. The first-order chi connectivity index (χ1) is 10.6. The van der Waals surface area contributed by atoms with E-state index in [0.717, 1.165) is 5.56 Å². The van der Waals surface area contributed by atoms with E-state index in [1.807, 2.05) is 19.1 Å². The molecule has 0 amide bonds. The third-order valence-corrected chi connectivity index (χ3v) is 3.38. The summed E-state index contributed by atoms with van der Waals surface area (Å²) in [6, 6.07) is 5.13. The summed E-state index contributed by atoms with van der Waals surface area (Å²) in [4.78, 5) is 14.7. The van der Waals surface area contributed by atoms with Crippen LogP contribution in [-0.2, 0) is 6.42 Å². The number of H-pyrrole nitrogens is 1. The molecule has 22 heavy (non-hydrogen) atoms. The smallest absolute Gasteiger partial charge is 0.274 e. The van der Waals surface area contributed by atoms with Crippen molar-refractivity contribution in [3.05, 3.63) is 45.6 Å². The molecule has 0 aliphatic rings. The Hall–Kier alpha value is -2.41. The Bertz CT molecular complexity index is 699. The maximum atomic E-state index is 12.0. The van der Waals surface area contributed by atoms with Gasteiger partial charge in [0.1, 0.15) is 11.5 Å². The van der Waals surface area contributed by atoms with Gasteiger partial charge in [0.15, 0.2) is 11.5 Å². The highest BCUT2D eigenvalue weighted by molar-refractivity contribution is 5.43. The normalized spacial score (nSPS) is 12.0. The second-order valence-electron chi connectivity index (χ2n) is 4.87. The molecule has 0 saturated heterocycles. The number of nitrogens with zero attached hydrogens (tertiary/aromatic N) is 2. The fraction of sp³-hybridized carbons (Fsp3) is 0.400. The molecule has 1 heterocycles. The number of rotatable bonds is 6. The monoisotopic (exact) mass is 304 g/mol. The minimum absolute atomic E-state index is 0.263. The lowest BCUT2D eigenvalue weighted by atomic mass is 10.1. The number of benzene rings is 1. The molecule has 0 aliphatic heterocycles. The molecule has 1 unspecified atom stereocenters. The Kier molecular flexibility index (Phi) is 5.11. The molecule has 0 radical (unpaired) electrons. The second kappa shape index (κ2) is 7.04. The molecule has 1 aromatic heterocycles. The van der Waals surface area contributed by atoms with Crippen molar-refractivity contribution in [3.63, 3.8) is 0 Å². The van der Waals surface area contributed by atoms with Gasteiger partial charge in [-0.2, -0.15) is 0 Å². The summed E-state index contributed by atoms with van der Waals surface area (Å²) in [6.45, 7) is 1.89. The SMILES string of the molecule is CCC(N)c1nnc(Cc2ccc(OC)c(OC)c2)[nH]c1=O. The summed E-state index contributed by atoms with van der Waals surface area (Å²) in [7, 11) is 3.15. The van der Waals surface area contributed by atoms with E-state index < -0.39 is 6.04 Å². The molecule has 3 N–H and O–H groups in total. The Morgan fingerprint density at radius 3 is 2.55 bits per heavy atom. The van der Waals surface area contributed by atoms with Crippen molar-refractivity contribution >= 4 is 0 Å². The van der Waals surface area contributed by atoms with E-state index >= 15 is 0 Å². The number of hydrogen-bond donors (Lipinski definition) is 2. The molecule has 0 fully saturated rings. The first-order valence-electron chi connectivity index (χ1n) is 7.01. The van der Waals surface area contributed by atoms with Crippen molar-refractivity contribution in [1.29, 1.82) is 0 Å². The van der Waals surface area contributed by atoms with Crippen LogP contribution in [0, 0.1) is 0 Å². The topological polar surface area (TPSA) is 103 Å². The summed E-state index contributed by atoms with van der Waals surface area (Å²) < 4.78 is 10.4. The van der Waals surface area contributed by atoms with Crippen LogP contribution in [0.15, 0.2) is 23.0 Å². The molecule has 7 heteroatoms. The zero-order chi connectivity index (χ0) is 16.1. The first kappa shape index (κ1) is 16.0. The van der Waals surface area contributed by atoms with Gasteiger partial charge in [-0.05, 0) is 24.1 Å². The molecule has 2 aromatic rings. The van der Waals surface area contributed by atoms with Crippen molar-refractivity contribution < 1.29 is 9.47 Å². The largest absolute Gasteiger partial charge is 0.493 e. The molecular weight excluding hydrogens is 284 g/mol. The Labute approximate surface area is 128 Å². The summed E-state index contributed by atoms with van der Waals surface area (Å²) in [5, 5.41) is 7.99. The van der Waals surface area contributed by atoms with Gasteiger partial charge >= 0.3 is 0 Å². The van der Waals surface area contributed by atoms with Gasteiger partial charge in [-0.3, -0.25) is 4.79 Å². The van der Waals surface area contributed by atoms with Gasteiger partial charge in [-0.25, -0.2) is 0 Å². The van der Waals surface area contributed by atoms with Crippen molar-refractivity contribution in [1.82, 2.24) is 15.2 Å². The summed E-state index contributed by atoms with van der Waals surface area (Å²) in [6.07, 6.45) is 1.07. The van der Waals surface area contributed by atoms with Crippen molar-refractivity contribution in [3.8, 4) is 11.5 Å². The van der Waals surface area contributed by atoms with Crippen LogP contribution in [0.5, 0.6) is 11.5 Å². The molecule has 0 bridgehead atoms. The van der Waals surface area contributed by atoms with Crippen LogP contribution in [0.1, 0.15) is 36.5 Å². The number of aromatic nitrogens is 3. The standard InChI is InChI=1S/C15H20N4O3/c1-4-10(16)14-15(20)17-13(18-19-14)8-9-5-6-11(21-2)12(7-9)22-3/h5-7,10H,4,8,16H2,1-3H3,(H,17,18,20). The minimum Gasteiger partial charge on any atom is -0.493 e. The molecular formula is C15H20N4O3. The summed E-state index contributed by atoms with van der Waals surface area (Å²) in [5.74, 6) is 1.75. The maximum absolute atomic E-state index is 12.0. The predicted octanol–water partition coefficient (Wildman–Crippen LogP) is 1.18. The van der Waals surface area contributed by atoms with E-state index in [9.17, 15) is 4.79 Å². The van der Waals surface area contributed by atoms with E-state index in [-0.39, 0.29) is 11.3 Å². The second-order valence-corrected chi connectivity index (χ2v) is 4.87. The zero-order valence-electron chi connectivity index (χ0n) is 12.9. The zero-order valence-corrected chi connectivity index (χ0v) is 12.9. The molecule has 0 spiro atoms. The molecule has 0 saturated carbocycles. The van der Waals surface area contributed by atoms with E-state index in [2.05, 4.69) is 15.2 Å². The number of ether oxygens (including phenoxy) is 2. The Morgan fingerprint density at radius 2 is 1.95 bits per heavy atom. The minimum atomic E-state index is -0.397. The number of methoxy groups -OCH3 is 2. The third-order valence-electron chi connectivity index (χ3n) is 3.38. The predicted molar refractivity (Wildman–Crippen MR) is 82.2 cm³/mol. The average molecular weight is 304 g/mol. The summed E-state index contributed by atoms with van der Waals surface area (Å²) in [5.41, 5.74) is 6.71.